The van der Waals surface area contributed by atoms with Gasteiger partial charge in [0.1, 0.15) is 11.3 Å². The number of fused-ring (bicyclic) bond motifs is 1. The van der Waals surface area contributed by atoms with Crippen molar-refractivity contribution < 1.29 is 19.0 Å². The number of piperazine rings is 1. The van der Waals surface area contributed by atoms with Crippen LogP contribution in [0.3, 0.4) is 0 Å². The van der Waals surface area contributed by atoms with Crippen LogP contribution >= 0.6 is 0 Å². The molecule has 8 nitrogen and oxygen atoms in total. The van der Waals surface area contributed by atoms with Crippen molar-refractivity contribution in [3.63, 3.8) is 0 Å². The van der Waals surface area contributed by atoms with E-state index in [1.807, 2.05) is 17.0 Å². The number of aliphatic hydroxyl groups is 1. The SMILES string of the molecule is COc1ccc2nccc(N3CCN(CC(O)CNc4ccc(C)c(F)c4)C(=O)C3)c2n1. The molecule has 1 atom stereocenters. The summed E-state index contributed by atoms with van der Waals surface area (Å²) >= 11 is 0. The molecule has 0 spiro atoms. The quantitative estimate of drug-likeness (QED) is 0.583. The minimum absolute atomic E-state index is 0.0791. The summed E-state index contributed by atoms with van der Waals surface area (Å²) in [5, 5.41) is 13.4. The number of carbonyl (C=O) groups excluding carboxylic acids is 1. The lowest BCUT2D eigenvalue weighted by Gasteiger charge is -2.36. The smallest absolute Gasteiger partial charge is 0.242 e. The van der Waals surface area contributed by atoms with Crippen LogP contribution < -0.4 is 15.0 Å². The molecule has 1 aliphatic heterocycles. The number of nitrogens with one attached hydrogen (secondary N) is 1. The van der Waals surface area contributed by atoms with Crippen LogP contribution in [-0.4, -0.2) is 71.8 Å². The zero-order valence-corrected chi connectivity index (χ0v) is 18.1. The fourth-order valence-electron chi connectivity index (χ4n) is 3.73. The fourth-order valence-corrected chi connectivity index (χ4v) is 3.73. The molecule has 0 radical (unpaired) electrons. The Bertz CT molecular complexity index is 1130. The van der Waals surface area contributed by atoms with Gasteiger partial charge in [-0.25, -0.2) is 9.37 Å². The van der Waals surface area contributed by atoms with Gasteiger partial charge in [0.2, 0.25) is 11.8 Å². The normalized spacial score (nSPS) is 15.2. The standard InChI is InChI=1S/C23H26FN5O3/c1-15-3-4-16(11-18(15)24)26-12-17(30)13-29-10-9-28(14-22(29)31)20-7-8-25-19-5-6-21(32-2)27-23(19)20/h3-8,11,17,26,30H,9-10,12-14H2,1-2H3. The molecule has 1 aliphatic rings. The van der Waals surface area contributed by atoms with E-state index in [4.69, 9.17) is 4.74 Å². The number of hydrogen-bond acceptors (Lipinski definition) is 7. The summed E-state index contributed by atoms with van der Waals surface area (Å²) < 4.78 is 18.9. The Kier molecular flexibility index (Phi) is 6.36. The van der Waals surface area contributed by atoms with Gasteiger partial charge in [-0.1, -0.05) is 6.07 Å². The predicted molar refractivity (Wildman–Crippen MR) is 121 cm³/mol. The number of nitrogens with zero attached hydrogens (tertiary/aromatic N) is 4. The highest BCUT2D eigenvalue weighted by molar-refractivity contribution is 5.91. The van der Waals surface area contributed by atoms with Crippen LogP contribution in [0, 0.1) is 12.7 Å². The first-order chi connectivity index (χ1) is 15.4. The molecule has 1 saturated heterocycles. The Morgan fingerprint density at radius 3 is 2.84 bits per heavy atom. The summed E-state index contributed by atoms with van der Waals surface area (Å²) in [7, 11) is 1.56. The number of amides is 1. The number of pyridine rings is 2. The number of halogens is 1. The molecule has 1 unspecified atom stereocenters. The van der Waals surface area contributed by atoms with Gasteiger partial charge >= 0.3 is 0 Å². The topological polar surface area (TPSA) is 90.8 Å². The Balaban J connectivity index is 1.37. The number of rotatable bonds is 7. The van der Waals surface area contributed by atoms with Gasteiger partial charge in [-0.2, -0.15) is 0 Å². The number of anilines is 2. The maximum atomic E-state index is 13.7. The molecular weight excluding hydrogens is 413 g/mol. The second-order valence-electron chi connectivity index (χ2n) is 7.81. The van der Waals surface area contributed by atoms with Gasteiger partial charge in [0, 0.05) is 44.1 Å². The Morgan fingerprint density at radius 2 is 2.09 bits per heavy atom. The molecule has 3 heterocycles. The maximum Gasteiger partial charge on any atom is 0.242 e. The molecule has 1 fully saturated rings. The second-order valence-corrected chi connectivity index (χ2v) is 7.81. The monoisotopic (exact) mass is 439 g/mol. The molecule has 2 aromatic heterocycles. The highest BCUT2D eigenvalue weighted by Gasteiger charge is 2.27. The molecule has 1 aromatic carbocycles. The van der Waals surface area contributed by atoms with Gasteiger partial charge in [-0.05, 0) is 36.8 Å². The first-order valence-electron chi connectivity index (χ1n) is 10.4. The van der Waals surface area contributed by atoms with Crippen molar-refractivity contribution in [2.75, 3.05) is 50.1 Å². The third-order valence-electron chi connectivity index (χ3n) is 5.55. The van der Waals surface area contributed by atoms with Gasteiger partial charge in [-0.3, -0.25) is 9.78 Å². The molecule has 4 rings (SSSR count). The van der Waals surface area contributed by atoms with Crippen LogP contribution in [0.25, 0.3) is 11.0 Å². The summed E-state index contributed by atoms with van der Waals surface area (Å²) in [6, 6.07) is 10.3. The number of hydrogen-bond donors (Lipinski definition) is 2. The van der Waals surface area contributed by atoms with E-state index in [1.165, 1.54) is 6.07 Å². The summed E-state index contributed by atoms with van der Waals surface area (Å²) in [5.41, 5.74) is 3.39. The molecule has 32 heavy (non-hydrogen) atoms. The van der Waals surface area contributed by atoms with Crippen molar-refractivity contribution in [1.82, 2.24) is 14.9 Å². The molecular formula is C23H26FN5O3. The van der Waals surface area contributed by atoms with Crippen LogP contribution in [0.2, 0.25) is 0 Å². The third-order valence-corrected chi connectivity index (χ3v) is 5.55. The predicted octanol–water partition coefficient (Wildman–Crippen LogP) is 2.21. The van der Waals surface area contributed by atoms with E-state index >= 15 is 0 Å². The van der Waals surface area contributed by atoms with Gasteiger partial charge in [0.05, 0.1) is 31.0 Å². The Hall–Kier alpha value is -3.46. The van der Waals surface area contributed by atoms with Crippen LogP contribution in [0.5, 0.6) is 5.88 Å². The lowest BCUT2D eigenvalue weighted by atomic mass is 10.2. The van der Waals surface area contributed by atoms with Gasteiger partial charge in [0.25, 0.3) is 0 Å². The largest absolute Gasteiger partial charge is 0.481 e. The van der Waals surface area contributed by atoms with Crippen molar-refractivity contribution in [3.8, 4) is 5.88 Å². The highest BCUT2D eigenvalue weighted by Crippen LogP contribution is 2.26. The molecule has 1 amide bonds. The van der Waals surface area contributed by atoms with Crippen molar-refractivity contribution >= 4 is 28.3 Å². The van der Waals surface area contributed by atoms with Gasteiger partial charge in [0.15, 0.2) is 0 Å². The number of benzene rings is 1. The molecule has 0 saturated carbocycles. The van der Waals surface area contributed by atoms with E-state index in [-0.39, 0.29) is 31.4 Å². The van der Waals surface area contributed by atoms with Crippen molar-refractivity contribution in [1.29, 1.82) is 0 Å². The number of carbonyl (C=O) groups is 1. The average Bonchev–Trinajstić information content (AvgIpc) is 2.80. The van der Waals surface area contributed by atoms with Crippen LogP contribution in [0.1, 0.15) is 5.56 Å². The minimum atomic E-state index is -0.775. The number of aromatic nitrogens is 2. The molecule has 2 N–H and O–H groups in total. The lowest BCUT2D eigenvalue weighted by molar-refractivity contribution is -0.132. The third kappa shape index (κ3) is 4.72. The molecule has 3 aromatic rings. The lowest BCUT2D eigenvalue weighted by Crippen LogP contribution is -2.53. The summed E-state index contributed by atoms with van der Waals surface area (Å²) in [6.45, 7) is 3.38. The molecule has 0 bridgehead atoms. The van der Waals surface area contributed by atoms with Crippen molar-refractivity contribution in [3.05, 3.63) is 54.0 Å². The zero-order chi connectivity index (χ0) is 22.7. The summed E-state index contributed by atoms with van der Waals surface area (Å²) in [4.78, 5) is 25.2. The Morgan fingerprint density at radius 1 is 1.25 bits per heavy atom. The minimum Gasteiger partial charge on any atom is -0.481 e. The van der Waals surface area contributed by atoms with Crippen molar-refractivity contribution in [2.24, 2.45) is 0 Å². The zero-order valence-electron chi connectivity index (χ0n) is 18.1. The van der Waals surface area contributed by atoms with Gasteiger partial charge < -0.3 is 25.0 Å². The van der Waals surface area contributed by atoms with Crippen LogP contribution in [0.15, 0.2) is 42.6 Å². The number of aliphatic hydroxyl groups excluding tert-OH is 1. The van der Waals surface area contributed by atoms with E-state index < -0.39 is 6.10 Å². The molecule has 0 aliphatic carbocycles. The van der Waals surface area contributed by atoms with E-state index in [2.05, 4.69) is 15.3 Å². The van der Waals surface area contributed by atoms with Crippen molar-refractivity contribution in [2.45, 2.75) is 13.0 Å². The first-order valence-corrected chi connectivity index (χ1v) is 10.4. The number of β-amino-alcohol motifs (C(OH)–C–C–N with tert-alkyl or cyclic N) is 1. The average molecular weight is 439 g/mol. The van der Waals surface area contributed by atoms with Crippen LogP contribution in [0.4, 0.5) is 15.8 Å². The second kappa shape index (κ2) is 9.35. The Labute approximate surface area is 185 Å². The first kappa shape index (κ1) is 21.8. The van der Waals surface area contributed by atoms with Gasteiger partial charge in [-0.15, -0.1) is 0 Å². The summed E-state index contributed by atoms with van der Waals surface area (Å²) in [6.07, 6.45) is 0.925. The number of ether oxygens (including phenoxy) is 1. The summed E-state index contributed by atoms with van der Waals surface area (Å²) in [5.74, 6) is 0.108. The van der Waals surface area contributed by atoms with E-state index in [1.54, 1.807) is 43.3 Å². The highest BCUT2D eigenvalue weighted by atomic mass is 19.1. The van der Waals surface area contributed by atoms with E-state index in [0.717, 1.165) is 11.2 Å². The van der Waals surface area contributed by atoms with E-state index in [0.29, 0.717) is 35.7 Å². The molecule has 168 valence electrons. The van der Waals surface area contributed by atoms with E-state index in [9.17, 15) is 14.3 Å². The number of methoxy groups -OCH3 is 1. The number of aryl methyl sites for hydroxylation is 1. The maximum absolute atomic E-state index is 13.7. The van der Waals surface area contributed by atoms with Crippen LogP contribution in [-0.2, 0) is 4.79 Å². The molecule has 9 heteroatoms. The fraction of sp³-hybridized carbons (Fsp3) is 0.348.